The van der Waals surface area contributed by atoms with Crippen molar-refractivity contribution in [3.63, 3.8) is 0 Å². The summed E-state index contributed by atoms with van der Waals surface area (Å²) in [4.78, 5) is 16.1. The molecule has 8 heteroatoms. The predicted octanol–water partition coefficient (Wildman–Crippen LogP) is 2.10. The molecule has 1 aliphatic rings. The van der Waals surface area contributed by atoms with Crippen molar-refractivity contribution in [3.8, 4) is 11.5 Å². The summed E-state index contributed by atoms with van der Waals surface area (Å²) in [5.74, 6) is 0.454. The molecule has 0 radical (unpaired) electrons. The highest BCUT2D eigenvalue weighted by atomic mass is 32.2. The van der Waals surface area contributed by atoms with Crippen molar-refractivity contribution in [2.45, 2.75) is 24.0 Å². The minimum Gasteiger partial charge on any atom is -0.454 e. The second-order valence-electron chi connectivity index (χ2n) is 6.23. The molecule has 2 aromatic rings. The Labute approximate surface area is 152 Å². The average molecular weight is 376 g/mol. The summed E-state index contributed by atoms with van der Waals surface area (Å²) in [5, 5.41) is 1.75. The quantitative estimate of drug-likeness (QED) is 0.830. The number of sulfone groups is 1. The van der Waals surface area contributed by atoms with E-state index in [2.05, 4.69) is 10.3 Å². The fourth-order valence-electron chi connectivity index (χ4n) is 2.59. The van der Waals surface area contributed by atoms with Crippen molar-refractivity contribution < 1.29 is 22.7 Å². The maximum Gasteiger partial charge on any atom is 0.231 e. The molecule has 7 nitrogen and oxygen atoms in total. The van der Waals surface area contributed by atoms with Gasteiger partial charge in [0.2, 0.25) is 12.7 Å². The van der Waals surface area contributed by atoms with Gasteiger partial charge < -0.3 is 14.8 Å². The molecule has 1 amide bonds. The maximum atomic E-state index is 13.2. The SMILES string of the molecule is CC(C)C(=O)NC[C@@H](c1cccnc1)S(=O)(=O)c1ccc2c(c1)OCO2. The molecular weight excluding hydrogens is 356 g/mol. The summed E-state index contributed by atoms with van der Waals surface area (Å²) in [6, 6.07) is 7.86. The molecule has 1 N–H and O–H groups in total. The lowest BCUT2D eigenvalue weighted by Gasteiger charge is -2.19. The lowest BCUT2D eigenvalue weighted by molar-refractivity contribution is -0.123. The number of pyridine rings is 1. The van der Waals surface area contributed by atoms with Gasteiger partial charge in [0, 0.05) is 30.9 Å². The zero-order valence-corrected chi connectivity index (χ0v) is 15.3. The molecule has 0 spiro atoms. The van der Waals surface area contributed by atoms with Gasteiger partial charge >= 0.3 is 0 Å². The number of carbonyl (C=O) groups excluding carboxylic acids is 1. The van der Waals surface area contributed by atoms with Crippen molar-refractivity contribution >= 4 is 15.7 Å². The van der Waals surface area contributed by atoms with Crippen LogP contribution in [-0.2, 0) is 14.6 Å². The molecule has 1 atom stereocenters. The van der Waals surface area contributed by atoms with Gasteiger partial charge in [0.25, 0.3) is 0 Å². The van der Waals surface area contributed by atoms with Gasteiger partial charge in [-0.3, -0.25) is 9.78 Å². The van der Waals surface area contributed by atoms with Gasteiger partial charge in [-0.05, 0) is 23.8 Å². The first-order valence-corrected chi connectivity index (χ1v) is 9.75. The Morgan fingerprint density at radius 1 is 1.23 bits per heavy atom. The molecular formula is C18H20N2O5S. The van der Waals surface area contributed by atoms with Crippen molar-refractivity contribution in [1.29, 1.82) is 0 Å². The Morgan fingerprint density at radius 2 is 2.00 bits per heavy atom. The van der Waals surface area contributed by atoms with Gasteiger partial charge in [0.05, 0.1) is 4.90 Å². The fourth-order valence-corrected chi connectivity index (χ4v) is 4.25. The van der Waals surface area contributed by atoms with E-state index >= 15 is 0 Å². The maximum absolute atomic E-state index is 13.2. The van der Waals surface area contributed by atoms with Crippen LogP contribution in [0, 0.1) is 5.92 Å². The van der Waals surface area contributed by atoms with Gasteiger partial charge in [-0.1, -0.05) is 19.9 Å². The third-order valence-electron chi connectivity index (χ3n) is 4.09. The van der Waals surface area contributed by atoms with E-state index in [1.807, 2.05) is 0 Å². The van der Waals surface area contributed by atoms with Crippen LogP contribution in [-0.4, -0.2) is 32.6 Å². The van der Waals surface area contributed by atoms with Crippen LogP contribution in [0.5, 0.6) is 11.5 Å². The number of aromatic nitrogens is 1. The van der Waals surface area contributed by atoms with Crippen molar-refractivity contribution in [2.24, 2.45) is 5.92 Å². The molecule has 0 saturated heterocycles. The third kappa shape index (κ3) is 3.65. The standard InChI is InChI=1S/C18H20N2O5S/c1-12(2)18(21)20-10-17(13-4-3-7-19-9-13)26(22,23)14-5-6-15-16(8-14)25-11-24-15/h3-9,12,17H,10-11H2,1-2H3,(H,20,21)/t17-/m0/s1. The molecule has 26 heavy (non-hydrogen) atoms. The first-order chi connectivity index (χ1) is 12.4. The van der Waals surface area contributed by atoms with Crippen molar-refractivity contribution in [2.75, 3.05) is 13.3 Å². The number of hydrogen-bond acceptors (Lipinski definition) is 6. The second-order valence-corrected chi connectivity index (χ2v) is 8.37. The van der Waals surface area contributed by atoms with Crippen LogP contribution in [0.25, 0.3) is 0 Å². The van der Waals surface area contributed by atoms with Gasteiger partial charge in [-0.25, -0.2) is 8.42 Å². The summed E-state index contributed by atoms with van der Waals surface area (Å²) in [7, 11) is -3.79. The lowest BCUT2D eigenvalue weighted by atomic mass is 10.2. The number of fused-ring (bicyclic) bond motifs is 1. The summed E-state index contributed by atoms with van der Waals surface area (Å²) >= 11 is 0. The van der Waals surface area contributed by atoms with Gasteiger partial charge in [0.1, 0.15) is 5.25 Å². The van der Waals surface area contributed by atoms with Gasteiger partial charge in [-0.2, -0.15) is 0 Å². The number of benzene rings is 1. The number of rotatable bonds is 6. The van der Waals surface area contributed by atoms with E-state index in [1.54, 1.807) is 38.2 Å². The first kappa shape index (κ1) is 18.2. The van der Waals surface area contributed by atoms with E-state index in [1.165, 1.54) is 18.3 Å². The van der Waals surface area contributed by atoms with E-state index < -0.39 is 15.1 Å². The molecule has 138 valence electrons. The van der Waals surface area contributed by atoms with Gasteiger partial charge in [-0.15, -0.1) is 0 Å². The molecule has 0 bridgehead atoms. The first-order valence-electron chi connectivity index (χ1n) is 8.21. The zero-order valence-electron chi connectivity index (χ0n) is 14.5. The third-order valence-corrected chi connectivity index (χ3v) is 6.19. The number of amides is 1. The van der Waals surface area contributed by atoms with Crippen LogP contribution in [0.4, 0.5) is 0 Å². The van der Waals surface area contributed by atoms with Crippen LogP contribution in [0.2, 0.25) is 0 Å². The topological polar surface area (TPSA) is 94.6 Å². The van der Waals surface area contributed by atoms with E-state index in [4.69, 9.17) is 9.47 Å². The Balaban J connectivity index is 1.95. The molecule has 0 unspecified atom stereocenters. The van der Waals surface area contributed by atoms with E-state index in [9.17, 15) is 13.2 Å². The zero-order chi connectivity index (χ0) is 18.7. The molecule has 2 heterocycles. The van der Waals surface area contributed by atoms with E-state index in [-0.39, 0.29) is 30.1 Å². The summed E-state index contributed by atoms with van der Waals surface area (Å²) in [5.41, 5.74) is 0.509. The molecule has 0 fully saturated rings. The van der Waals surface area contributed by atoms with Crippen molar-refractivity contribution in [3.05, 3.63) is 48.3 Å². The largest absolute Gasteiger partial charge is 0.454 e. The Hall–Kier alpha value is -2.61. The number of ether oxygens (including phenoxy) is 2. The smallest absolute Gasteiger partial charge is 0.231 e. The van der Waals surface area contributed by atoms with Crippen LogP contribution >= 0.6 is 0 Å². The molecule has 1 aromatic heterocycles. The molecule has 1 aliphatic heterocycles. The van der Waals surface area contributed by atoms with Crippen LogP contribution in [0.1, 0.15) is 24.7 Å². The van der Waals surface area contributed by atoms with Crippen molar-refractivity contribution in [1.82, 2.24) is 10.3 Å². The molecule has 1 aromatic carbocycles. The molecule has 0 aliphatic carbocycles. The van der Waals surface area contributed by atoms with E-state index in [0.717, 1.165) is 0 Å². The fraction of sp³-hybridized carbons (Fsp3) is 0.333. The van der Waals surface area contributed by atoms with Crippen LogP contribution < -0.4 is 14.8 Å². The highest BCUT2D eigenvalue weighted by Gasteiger charge is 2.31. The highest BCUT2D eigenvalue weighted by Crippen LogP contribution is 2.37. The number of nitrogens with one attached hydrogen (secondary N) is 1. The summed E-state index contributed by atoms with van der Waals surface area (Å²) in [6.45, 7) is 3.52. The lowest BCUT2D eigenvalue weighted by Crippen LogP contribution is -2.34. The average Bonchev–Trinajstić information content (AvgIpc) is 3.10. The summed E-state index contributed by atoms with van der Waals surface area (Å²) < 4.78 is 37.0. The normalized spacial score (nSPS) is 14.3. The van der Waals surface area contributed by atoms with E-state index in [0.29, 0.717) is 17.1 Å². The Bertz CT molecular complexity index is 897. The van der Waals surface area contributed by atoms with Gasteiger partial charge in [0.15, 0.2) is 21.3 Å². The number of hydrogen-bond donors (Lipinski definition) is 1. The monoisotopic (exact) mass is 376 g/mol. The predicted molar refractivity (Wildman–Crippen MR) is 94.6 cm³/mol. The molecule has 3 rings (SSSR count). The number of nitrogens with zero attached hydrogens (tertiary/aromatic N) is 1. The number of carbonyl (C=O) groups is 1. The van der Waals surface area contributed by atoms with Crippen LogP contribution in [0.3, 0.4) is 0 Å². The Kier molecular flexibility index (Phi) is 5.13. The summed E-state index contributed by atoms with van der Waals surface area (Å²) in [6.07, 6.45) is 3.07. The minimum absolute atomic E-state index is 0.0422. The Morgan fingerprint density at radius 3 is 2.69 bits per heavy atom. The second kappa shape index (κ2) is 7.33. The minimum atomic E-state index is -3.79. The molecule has 0 saturated carbocycles. The highest BCUT2D eigenvalue weighted by molar-refractivity contribution is 7.91. The van der Waals surface area contributed by atoms with Crippen LogP contribution in [0.15, 0.2) is 47.6 Å².